The average molecular weight is 342 g/mol. The number of hydrogen-bond acceptors (Lipinski definition) is 6. The SMILES string of the molecule is CC(=O)Nc1sc(C(=O)NN=Cc2cccc(O)c2)c(C)c1C#N. The highest BCUT2D eigenvalue weighted by molar-refractivity contribution is 7.18. The zero-order valence-corrected chi connectivity index (χ0v) is 13.8. The maximum absolute atomic E-state index is 12.2. The van der Waals surface area contributed by atoms with E-state index in [-0.39, 0.29) is 17.2 Å². The molecule has 0 aliphatic heterocycles. The Morgan fingerprint density at radius 2 is 2.17 bits per heavy atom. The fourth-order valence-corrected chi connectivity index (χ4v) is 3.03. The van der Waals surface area contributed by atoms with E-state index in [9.17, 15) is 20.0 Å². The van der Waals surface area contributed by atoms with Crippen molar-refractivity contribution in [3.8, 4) is 11.8 Å². The molecule has 2 aromatic rings. The highest BCUT2D eigenvalue weighted by Gasteiger charge is 2.20. The van der Waals surface area contributed by atoms with Crippen LogP contribution in [0.15, 0.2) is 29.4 Å². The van der Waals surface area contributed by atoms with Crippen LogP contribution in [0, 0.1) is 18.3 Å². The largest absolute Gasteiger partial charge is 0.508 e. The van der Waals surface area contributed by atoms with Crippen molar-refractivity contribution in [2.75, 3.05) is 5.32 Å². The zero-order chi connectivity index (χ0) is 17.7. The minimum absolute atomic E-state index is 0.0954. The second-order valence-corrected chi connectivity index (χ2v) is 5.87. The number of phenols is 1. The number of hydrazone groups is 1. The van der Waals surface area contributed by atoms with Crippen LogP contribution >= 0.6 is 11.3 Å². The summed E-state index contributed by atoms with van der Waals surface area (Å²) in [7, 11) is 0. The Morgan fingerprint density at radius 3 is 2.79 bits per heavy atom. The molecule has 0 bridgehead atoms. The van der Waals surface area contributed by atoms with Crippen LogP contribution < -0.4 is 10.7 Å². The van der Waals surface area contributed by atoms with Crippen molar-refractivity contribution in [2.45, 2.75) is 13.8 Å². The van der Waals surface area contributed by atoms with Crippen LogP contribution in [0.4, 0.5) is 5.00 Å². The van der Waals surface area contributed by atoms with Gasteiger partial charge in [-0.1, -0.05) is 12.1 Å². The zero-order valence-electron chi connectivity index (χ0n) is 13.0. The third-order valence-electron chi connectivity index (χ3n) is 3.00. The second kappa shape index (κ2) is 7.39. The number of anilines is 1. The number of nitrogens with zero attached hydrogens (tertiary/aromatic N) is 2. The van der Waals surface area contributed by atoms with Gasteiger partial charge in [0.25, 0.3) is 5.91 Å². The van der Waals surface area contributed by atoms with Gasteiger partial charge in [-0.2, -0.15) is 10.4 Å². The maximum atomic E-state index is 12.2. The summed E-state index contributed by atoms with van der Waals surface area (Å²) in [6, 6.07) is 8.37. The van der Waals surface area contributed by atoms with E-state index in [1.54, 1.807) is 19.1 Å². The third-order valence-corrected chi connectivity index (χ3v) is 4.21. The molecule has 7 nitrogen and oxygen atoms in total. The molecule has 0 saturated heterocycles. The average Bonchev–Trinajstić information content (AvgIpc) is 2.82. The number of hydrogen-bond donors (Lipinski definition) is 3. The molecule has 2 amide bonds. The van der Waals surface area contributed by atoms with Crippen molar-refractivity contribution in [1.29, 1.82) is 5.26 Å². The molecule has 0 aliphatic rings. The number of aromatic hydroxyl groups is 1. The lowest BCUT2D eigenvalue weighted by atomic mass is 10.1. The Morgan fingerprint density at radius 1 is 1.42 bits per heavy atom. The van der Waals surface area contributed by atoms with Crippen LogP contribution in [0.1, 0.15) is 33.3 Å². The molecule has 8 heteroatoms. The Labute approximate surface area is 142 Å². The second-order valence-electron chi connectivity index (χ2n) is 4.85. The molecule has 1 heterocycles. The normalized spacial score (nSPS) is 10.4. The molecule has 122 valence electrons. The smallest absolute Gasteiger partial charge is 0.281 e. The van der Waals surface area contributed by atoms with Gasteiger partial charge >= 0.3 is 0 Å². The van der Waals surface area contributed by atoms with Crippen LogP contribution in [0.25, 0.3) is 0 Å². The number of rotatable bonds is 4. The Kier molecular flexibility index (Phi) is 5.29. The predicted molar refractivity (Wildman–Crippen MR) is 91.2 cm³/mol. The number of phenolic OH excluding ortho intramolecular Hbond substituents is 1. The number of carbonyl (C=O) groups excluding carboxylic acids is 2. The first kappa shape index (κ1) is 17.2. The molecule has 1 aromatic carbocycles. The highest BCUT2D eigenvalue weighted by atomic mass is 32.1. The van der Waals surface area contributed by atoms with Gasteiger partial charge in [0.05, 0.1) is 11.8 Å². The van der Waals surface area contributed by atoms with Gasteiger partial charge in [-0.15, -0.1) is 11.3 Å². The first-order chi connectivity index (χ1) is 11.4. The van der Waals surface area contributed by atoms with Crippen molar-refractivity contribution in [3.63, 3.8) is 0 Å². The van der Waals surface area contributed by atoms with E-state index in [0.29, 0.717) is 21.0 Å². The first-order valence-corrected chi connectivity index (χ1v) is 7.67. The van der Waals surface area contributed by atoms with E-state index in [2.05, 4.69) is 15.8 Å². The van der Waals surface area contributed by atoms with E-state index < -0.39 is 5.91 Å². The van der Waals surface area contributed by atoms with Crippen LogP contribution in [0.5, 0.6) is 5.75 Å². The number of carbonyl (C=O) groups is 2. The summed E-state index contributed by atoms with van der Waals surface area (Å²) >= 11 is 1.02. The molecule has 1 aromatic heterocycles. The van der Waals surface area contributed by atoms with Crippen LogP contribution in [0.2, 0.25) is 0 Å². The third kappa shape index (κ3) is 3.97. The Bertz CT molecular complexity index is 865. The van der Waals surface area contributed by atoms with Crippen LogP contribution in [-0.2, 0) is 4.79 Å². The minimum Gasteiger partial charge on any atom is -0.508 e. The molecule has 0 unspecified atom stereocenters. The molecule has 0 aliphatic carbocycles. The van der Waals surface area contributed by atoms with Gasteiger partial charge in [0.2, 0.25) is 5.91 Å². The van der Waals surface area contributed by atoms with E-state index in [1.165, 1.54) is 25.3 Å². The number of benzene rings is 1. The summed E-state index contributed by atoms with van der Waals surface area (Å²) in [6.45, 7) is 2.96. The molecule has 0 radical (unpaired) electrons. The van der Waals surface area contributed by atoms with Gasteiger partial charge < -0.3 is 10.4 Å². The van der Waals surface area contributed by atoms with Crippen molar-refractivity contribution < 1.29 is 14.7 Å². The predicted octanol–water partition coefficient (Wildman–Crippen LogP) is 2.36. The quantitative estimate of drug-likeness (QED) is 0.584. The van der Waals surface area contributed by atoms with Crippen molar-refractivity contribution in [2.24, 2.45) is 5.10 Å². The van der Waals surface area contributed by atoms with Crippen molar-refractivity contribution >= 4 is 34.4 Å². The summed E-state index contributed by atoms with van der Waals surface area (Å²) in [5.41, 5.74) is 3.73. The Hall–Kier alpha value is -3.18. The summed E-state index contributed by atoms with van der Waals surface area (Å²) in [5.74, 6) is -0.707. The molecule has 3 N–H and O–H groups in total. The molecule has 24 heavy (non-hydrogen) atoms. The Balaban J connectivity index is 2.17. The molecule has 0 atom stereocenters. The van der Waals surface area contributed by atoms with E-state index >= 15 is 0 Å². The van der Waals surface area contributed by atoms with Crippen LogP contribution in [-0.4, -0.2) is 23.1 Å². The first-order valence-electron chi connectivity index (χ1n) is 6.86. The molecule has 0 spiro atoms. The molecule has 0 saturated carbocycles. The lowest BCUT2D eigenvalue weighted by molar-refractivity contribution is -0.114. The van der Waals surface area contributed by atoms with Crippen molar-refractivity contribution in [3.05, 3.63) is 45.8 Å². The van der Waals surface area contributed by atoms with Gasteiger partial charge in [-0.05, 0) is 30.2 Å². The lowest BCUT2D eigenvalue weighted by Gasteiger charge is -1.98. The molecule has 0 fully saturated rings. The number of amides is 2. The highest BCUT2D eigenvalue weighted by Crippen LogP contribution is 2.32. The van der Waals surface area contributed by atoms with Gasteiger partial charge in [-0.3, -0.25) is 9.59 Å². The summed E-state index contributed by atoms with van der Waals surface area (Å²) in [6.07, 6.45) is 1.39. The molecular weight excluding hydrogens is 328 g/mol. The fourth-order valence-electron chi connectivity index (χ4n) is 1.93. The molecule has 2 rings (SSSR count). The number of nitrogens with one attached hydrogen (secondary N) is 2. The van der Waals surface area contributed by atoms with E-state index in [4.69, 9.17) is 0 Å². The van der Waals surface area contributed by atoms with E-state index in [0.717, 1.165) is 11.3 Å². The lowest BCUT2D eigenvalue weighted by Crippen LogP contribution is -2.17. The number of nitriles is 1. The monoisotopic (exact) mass is 342 g/mol. The topological polar surface area (TPSA) is 115 Å². The van der Waals surface area contributed by atoms with E-state index in [1.807, 2.05) is 6.07 Å². The summed E-state index contributed by atoms with van der Waals surface area (Å²) < 4.78 is 0. The number of thiophene rings is 1. The van der Waals surface area contributed by atoms with Gasteiger partial charge in [0.1, 0.15) is 21.7 Å². The van der Waals surface area contributed by atoms with Gasteiger partial charge in [-0.25, -0.2) is 5.43 Å². The summed E-state index contributed by atoms with van der Waals surface area (Å²) in [4.78, 5) is 23.7. The van der Waals surface area contributed by atoms with Crippen molar-refractivity contribution in [1.82, 2.24) is 5.43 Å². The fraction of sp³-hybridized carbons (Fsp3) is 0.125. The maximum Gasteiger partial charge on any atom is 0.281 e. The van der Waals surface area contributed by atoms with Gasteiger partial charge in [0, 0.05) is 6.92 Å². The molecular formula is C16H14N4O3S. The van der Waals surface area contributed by atoms with Gasteiger partial charge in [0.15, 0.2) is 0 Å². The standard InChI is InChI=1S/C16H14N4O3S/c1-9-13(7-17)16(19-10(2)21)24-14(9)15(23)20-18-8-11-4-3-5-12(22)6-11/h3-6,8,22H,1-2H3,(H,19,21)(H,20,23). The summed E-state index contributed by atoms with van der Waals surface area (Å²) in [5, 5.41) is 25.2. The van der Waals surface area contributed by atoms with Crippen LogP contribution in [0.3, 0.4) is 0 Å². The minimum atomic E-state index is -0.484.